The first-order valence-electron chi connectivity index (χ1n) is 5.85. The van der Waals surface area contributed by atoms with Crippen LogP contribution in [0.2, 0.25) is 0 Å². The Morgan fingerprint density at radius 3 is 2.58 bits per heavy atom. The minimum atomic E-state index is -0.488. The van der Waals surface area contributed by atoms with E-state index in [9.17, 15) is 14.9 Å². The van der Waals surface area contributed by atoms with E-state index in [4.69, 9.17) is 0 Å². The normalized spacial score (nSPS) is 10.9. The highest BCUT2D eigenvalue weighted by Gasteiger charge is 2.14. The molecule has 1 aromatic heterocycles. The van der Waals surface area contributed by atoms with Gasteiger partial charge in [0.1, 0.15) is 12.0 Å². The van der Waals surface area contributed by atoms with E-state index in [0.717, 1.165) is 0 Å². The van der Waals surface area contributed by atoms with Crippen LogP contribution in [0.3, 0.4) is 0 Å². The fourth-order valence-electron chi connectivity index (χ4n) is 1.47. The zero-order valence-corrected chi connectivity index (χ0v) is 11.5. The van der Waals surface area contributed by atoms with Gasteiger partial charge in [-0.05, 0) is 33.8 Å². The first-order valence-corrected chi connectivity index (χ1v) is 5.85. The minimum Gasteiger partial charge on any atom is -0.361 e. The van der Waals surface area contributed by atoms with Crippen LogP contribution in [0.4, 0.5) is 11.5 Å². The lowest BCUT2D eigenvalue weighted by atomic mass is 10.1. The topological polar surface area (TPSA) is 97.2 Å². The van der Waals surface area contributed by atoms with Crippen molar-refractivity contribution in [1.82, 2.24) is 10.3 Å². The third kappa shape index (κ3) is 4.90. The smallest absolute Gasteiger partial charge is 0.290 e. The first kappa shape index (κ1) is 14.9. The van der Waals surface area contributed by atoms with Crippen LogP contribution in [0.1, 0.15) is 26.3 Å². The molecule has 0 unspecified atom stereocenters. The van der Waals surface area contributed by atoms with E-state index in [2.05, 4.69) is 15.6 Å². The number of rotatable bonds is 4. The highest BCUT2D eigenvalue weighted by molar-refractivity contribution is 5.81. The molecule has 2 N–H and O–H groups in total. The molecule has 0 atom stereocenters. The second kappa shape index (κ2) is 5.64. The van der Waals surface area contributed by atoms with E-state index < -0.39 is 4.92 Å². The molecule has 0 spiro atoms. The molecular weight excluding hydrogens is 248 g/mol. The summed E-state index contributed by atoms with van der Waals surface area (Å²) in [5.74, 6) is 0.275. The number of carbonyl (C=O) groups excluding carboxylic acids is 1. The van der Waals surface area contributed by atoms with Crippen LogP contribution in [0.15, 0.2) is 12.3 Å². The predicted octanol–water partition coefficient (Wildman–Crippen LogP) is 1.62. The standard InChI is InChI=1S/C12H18N4O3/c1-8-5-10(13-6-9(8)16(18)19)14-7-11(17)15-12(2,3)4/h5-6H,7H2,1-4H3,(H,13,14)(H,15,17). The van der Waals surface area contributed by atoms with Gasteiger partial charge in [0, 0.05) is 11.1 Å². The van der Waals surface area contributed by atoms with Gasteiger partial charge in [0.2, 0.25) is 5.91 Å². The van der Waals surface area contributed by atoms with E-state index in [0.29, 0.717) is 11.4 Å². The lowest BCUT2D eigenvalue weighted by molar-refractivity contribution is -0.385. The van der Waals surface area contributed by atoms with Gasteiger partial charge in [-0.1, -0.05) is 0 Å². The number of amides is 1. The van der Waals surface area contributed by atoms with Crippen molar-refractivity contribution in [3.8, 4) is 0 Å². The summed E-state index contributed by atoms with van der Waals surface area (Å²) in [6.07, 6.45) is 1.18. The number of hydrogen-bond acceptors (Lipinski definition) is 5. The van der Waals surface area contributed by atoms with E-state index >= 15 is 0 Å². The Morgan fingerprint density at radius 1 is 1.47 bits per heavy atom. The van der Waals surface area contributed by atoms with Crippen molar-refractivity contribution in [1.29, 1.82) is 0 Å². The third-order valence-electron chi connectivity index (χ3n) is 2.22. The highest BCUT2D eigenvalue weighted by atomic mass is 16.6. The number of nitro groups is 1. The number of pyridine rings is 1. The van der Waals surface area contributed by atoms with Crippen LogP contribution < -0.4 is 10.6 Å². The molecule has 0 aliphatic rings. The van der Waals surface area contributed by atoms with E-state index in [1.54, 1.807) is 13.0 Å². The predicted molar refractivity (Wildman–Crippen MR) is 72.0 cm³/mol. The maximum Gasteiger partial charge on any atom is 0.290 e. The molecule has 104 valence electrons. The molecular formula is C12H18N4O3. The van der Waals surface area contributed by atoms with Gasteiger partial charge in [-0.3, -0.25) is 14.9 Å². The lowest BCUT2D eigenvalue weighted by Crippen LogP contribution is -2.43. The van der Waals surface area contributed by atoms with Crippen LogP contribution in [-0.2, 0) is 4.79 Å². The van der Waals surface area contributed by atoms with Gasteiger partial charge in [-0.15, -0.1) is 0 Å². The molecule has 7 heteroatoms. The summed E-state index contributed by atoms with van der Waals surface area (Å²) in [7, 11) is 0. The largest absolute Gasteiger partial charge is 0.361 e. The molecule has 1 rings (SSSR count). The van der Waals surface area contributed by atoms with Crippen LogP contribution in [0, 0.1) is 17.0 Å². The Balaban J connectivity index is 2.62. The Hall–Kier alpha value is -2.18. The molecule has 0 aliphatic heterocycles. The Kier molecular flexibility index (Phi) is 4.42. The number of aryl methyl sites for hydroxylation is 1. The molecule has 19 heavy (non-hydrogen) atoms. The highest BCUT2D eigenvalue weighted by Crippen LogP contribution is 2.18. The second-order valence-electron chi connectivity index (χ2n) is 5.26. The van der Waals surface area contributed by atoms with Crippen molar-refractivity contribution in [2.75, 3.05) is 11.9 Å². The number of hydrogen-bond donors (Lipinski definition) is 2. The van der Waals surface area contributed by atoms with Crippen molar-refractivity contribution >= 4 is 17.4 Å². The van der Waals surface area contributed by atoms with Crippen molar-refractivity contribution in [3.05, 3.63) is 27.9 Å². The summed E-state index contributed by atoms with van der Waals surface area (Å²) in [5, 5.41) is 16.3. The van der Waals surface area contributed by atoms with Crippen molar-refractivity contribution in [3.63, 3.8) is 0 Å². The molecule has 0 aromatic carbocycles. The number of carbonyl (C=O) groups is 1. The lowest BCUT2D eigenvalue weighted by Gasteiger charge is -2.20. The summed E-state index contributed by atoms with van der Waals surface area (Å²) >= 11 is 0. The Labute approximate surface area is 111 Å². The second-order valence-corrected chi connectivity index (χ2v) is 5.26. The molecule has 1 amide bonds. The molecule has 7 nitrogen and oxygen atoms in total. The van der Waals surface area contributed by atoms with Crippen LogP contribution >= 0.6 is 0 Å². The van der Waals surface area contributed by atoms with Gasteiger partial charge >= 0.3 is 0 Å². The van der Waals surface area contributed by atoms with Crippen LogP contribution in [0.25, 0.3) is 0 Å². The summed E-state index contributed by atoms with van der Waals surface area (Å²) in [4.78, 5) is 25.6. The molecule has 0 saturated carbocycles. The van der Waals surface area contributed by atoms with E-state index in [-0.39, 0.29) is 23.7 Å². The SMILES string of the molecule is Cc1cc(NCC(=O)NC(C)(C)C)ncc1[N+](=O)[O-]. The summed E-state index contributed by atoms with van der Waals surface area (Å²) in [6.45, 7) is 7.36. The average Bonchev–Trinajstić information content (AvgIpc) is 2.23. The third-order valence-corrected chi connectivity index (χ3v) is 2.22. The maximum atomic E-state index is 11.6. The van der Waals surface area contributed by atoms with Gasteiger partial charge in [0.05, 0.1) is 11.5 Å². The van der Waals surface area contributed by atoms with Crippen LogP contribution in [0.5, 0.6) is 0 Å². The van der Waals surface area contributed by atoms with Crippen molar-refractivity contribution < 1.29 is 9.72 Å². The van der Waals surface area contributed by atoms with Gasteiger partial charge in [-0.2, -0.15) is 0 Å². The summed E-state index contributed by atoms with van der Waals surface area (Å²) in [6, 6.07) is 1.54. The first-order chi connectivity index (χ1) is 8.69. The van der Waals surface area contributed by atoms with E-state index in [1.165, 1.54) is 6.20 Å². The molecule has 0 aliphatic carbocycles. The Morgan fingerprint density at radius 2 is 2.11 bits per heavy atom. The van der Waals surface area contributed by atoms with Gasteiger partial charge in [0.25, 0.3) is 5.69 Å². The zero-order chi connectivity index (χ0) is 14.6. The van der Waals surface area contributed by atoms with Gasteiger partial charge in [0.15, 0.2) is 0 Å². The molecule has 0 fully saturated rings. The number of anilines is 1. The zero-order valence-electron chi connectivity index (χ0n) is 11.5. The quantitative estimate of drug-likeness (QED) is 0.637. The van der Waals surface area contributed by atoms with Crippen molar-refractivity contribution in [2.24, 2.45) is 0 Å². The number of nitrogens with one attached hydrogen (secondary N) is 2. The number of nitrogens with zero attached hydrogens (tertiary/aromatic N) is 2. The Bertz CT molecular complexity index is 494. The minimum absolute atomic E-state index is 0.0373. The average molecular weight is 266 g/mol. The van der Waals surface area contributed by atoms with E-state index in [1.807, 2.05) is 20.8 Å². The number of aromatic nitrogens is 1. The summed E-state index contributed by atoms with van der Waals surface area (Å²) in [5.41, 5.74) is 0.167. The van der Waals surface area contributed by atoms with Crippen molar-refractivity contribution in [2.45, 2.75) is 33.2 Å². The molecule has 0 bridgehead atoms. The van der Waals surface area contributed by atoms with Gasteiger partial charge < -0.3 is 10.6 Å². The van der Waals surface area contributed by atoms with Gasteiger partial charge in [-0.25, -0.2) is 4.98 Å². The van der Waals surface area contributed by atoms with Crippen LogP contribution in [-0.4, -0.2) is 27.9 Å². The molecule has 0 saturated heterocycles. The monoisotopic (exact) mass is 266 g/mol. The summed E-state index contributed by atoms with van der Waals surface area (Å²) < 4.78 is 0. The molecule has 0 radical (unpaired) electrons. The fourth-order valence-corrected chi connectivity index (χ4v) is 1.47. The molecule has 1 aromatic rings. The molecule has 1 heterocycles. The fraction of sp³-hybridized carbons (Fsp3) is 0.500. The maximum absolute atomic E-state index is 11.6.